The van der Waals surface area contributed by atoms with Gasteiger partial charge in [-0.3, -0.25) is 4.79 Å². The number of nitrogens with zero attached hydrogens (tertiary/aromatic N) is 1. The highest BCUT2D eigenvalue weighted by Crippen LogP contribution is 2.15. The molecule has 2 rings (SSSR count). The number of carbonyl (C=O) groups excluding carboxylic acids is 1. The van der Waals surface area contributed by atoms with Gasteiger partial charge in [0.15, 0.2) is 0 Å². The molecule has 4 heteroatoms. The van der Waals surface area contributed by atoms with E-state index < -0.39 is 0 Å². The molecule has 66 valence electrons. The molecule has 13 heavy (non-hydrogen) atoms. The predicted octanol–water partition coefficient (Wildman–Crippen LogP) is 1.52. The Balaban J connectivity index is 2.42. The van der Waals surface area contributed by atoms with E-state index in [1.165, 1.54) is 6.92 Å². The highest BCUT2D eigenvalue weighted by molar-refractivity contribution is 5.91. The molecule has 0 radical (unpaired) electrons. The molecule has 0 saturated carbocycles. The van der Waals surface area contributed by atoms with E-state index >= 15 is 0 Å². The fourth-order valence-corrected chi connectivity index (χ4v) is 1.22. The van der Waals surface area contributed by atoms with E-state index in [-0.39, 0.29) is 5.91 Å². The standard InChI is InChI=1S/C9H9N3O/c1-6(13)12-7-2-3-8-9(4-7)11-5-10-8/h2-5H,1H3,(H,10,11)(H,12,13). The van der Waals surface area contributed by atoms with Crippen molar-refractivity contribution in [3.8, 4) is 0 Å². The number of anilines is 1. The predicted molar refractivity (Wildman–Crippen MR) is 50.4 cm³/mol. The maximum absolute atomic E-state index is 10.8. The van der Waals surface area contributed by atoms with E-state index in [0.29, 0.717) is 0 Å². The lowest BCUT2D eigenvalue weighted by atomic mass is 10.3. The Morgan fingerprint density at radius 2 is 2.38 bits per heavy atom. The van der Waals surface area contributed by atoms with Gasteiger partial charge in [0.05, 0.1) is 17.4 Å². The summed E-state index contributed by atoms with van der Waals surface area (Å²) in [7, 11) is 0. The number of aromatic amines is 1. The number of fused-ring (bicyclic) bond motifs is 1. The van der Waals surface area contributed by atoms with E-state index in [1.807, 2.05) is 18.2 Å². The normalized spacial score (nSPS) is 10.2. The van der Waals surface area contributed by atoms with E-state index in [4.69, 9.17) is 0 Å². The summed E-state index contributed by atoms with van der Waals surface area (Å²) < 4.78 is 0. The number of amides is 1. The monoisotopic (exact) mass is 175 g/mol. The van der Waals surface area contributed by atoms with Gasteiger partial charge in [0.2, 0.25) is 5.91 Å². The van der Waals surface area contributed by atoms with Crippen LogP contribution >= 0.6 is 0 Å². The Labute approximate surface area is 75.0 Å². The molecular formula is C9H9N3O. The number of aromatic nitrogens is 2. The second kappa shape index (κ2) is 2.90. The third-order valence-corrected chi connectivity index (χ3v) is 1.74. The average molecular weight is 175 g/mol. The maximum atomic E-state index is 10.8. The number of hydrogen-bond acceptors (Lipinski definition) is 2. The molecule has 1 heterocycles. The molecule has 0 bridgehead atoms. The van der Waals surface area contributed by atoms with E-state index in [0.717, 1.165) is 16.7 Å². The number of nitrogens with one attached hydrogen (secondary N) is 2. The molecular weight excluding hydrogens is 166 g/mol. The SMILES string of the molecule is CC(=O)Nc1ccc2nc[nH]c2c1. The first-order valence-corrected chi connectivity index (χ1v) is 3.96. The van der Waals surface area contributed by atoms with Crippen LogP contribution in [0.5, 0.6) is 0 Å². The molecule has 0 unspecified atom stereocenters. The number of rotatable bonds is 1. The van der Waals surface area contributed by atoms with Gasteiger partial charge in [-0.2, -0.15) is 0 Å². The molecule has 0 aliphatic rings. The lowest BCUT2D eigenvalue weighted by molar-refractivity contribution is -0.114. The minimum absolute atomic E-state index is 0.0705. The Kier molecular flexibility index (Phi) is 1.73. The Morgan fingerprint density at radius 3 is 3.15 bits per heavy atom. The third-order valence-electron chi connectivity index (χ3n) is 1.74. The molecule has 1 aromatic carbocycles. The molecule has 0 aliphatic carbocycles. The average Bonchev–Trinajstić information content (AvgIpc) is 2.49. The summed E-state index contributed by atoms with van der Waals surface area (Å²) >= 11 is 0. The van der Waals surface area contributed by atoms with Crippen molar-refractivity contribution in [1.29, 1.82) is 0 Å². The first-order chi connectivity index (χ1) is 6.25. The van der Waals surface area contributed by atoms with Crippen LogP contribution < -0.4 is 5.32 Å². The molecule has 0 fully saturated rings. The van der Waals surface area contributed by atoms with Gasteiger partial charge < -0.3 is 10.3 Å². The molecule has 1 amide bonds. The van der Waals surface area contributed by atoms with Gasteiger partial charge in [0, 0.05) is 12.6 Å². The summed E-state index contributed by atoms with van der Waals surface area (Å²) in [5.74, 6) is -0.0705. The topological polar surface area (TPSA) is 57.8 Å². The molecule has 0 spiro atoms. The van der Waals surface area contributed by atoms with Crippen molar-refractivity contribution in [2.45, 2.75) is 6.92 Å². The van der Waals surface area contributed by atoms with Gasteiger partial charge in [-0.05, 0) is 18.2 Å². The van der Waals surface area contributed by atoms with Gasteiger partial charge in [-0.1, -0.05) is 0 Å². The quantitative estimate of drug-likeness (QED) is 0.690. The largest absolute Gasteiger partial charge is 0.345 e. The van der Waals surface area contributed by atoms with Crippen LogP contribution in [0.1, 0.15) is 6.92 Å². The van der Waals surface area contributed by atoms with Crippen LogP contribution in [0.3, 0.4) is 0 Å². The molecule has 4 nitrogen and oxygen atoms in total. The summed E-state index contributed by atoms with van der Waals surface area (Å²) in [5, 5.41) is 2.70. The Bertz CT molecular complexity index is 447. The van der Waals surface area contributed by atoms with Crippen LogP contribution in [0.2, 0.25) is 0 Å². The number of imidazole rings is 1. The van der Waals surface area contributed by atoms with Crippen LogP contribution in [0, 0.1) is 0 Å². The zero-order chi connectivity index (χ0) is 9.26. The first-order valence-electron chi connectivity index (χ1n) is 3.96. The van der Waals surface area contributed by atoms with Crippen molar-refractivity contribution in [1.82, 2.24) is 9.97 Å². The van der Waals surface area contributed by atoms with E-state index in [1.54, 1.807) is 6.33 Å². The number of benzene rings is 1. The van der Waals surface area contributed by atoms with Crippen LogP contribution in [0.4, 0.5) is 5.69 Å². The second-order valence-corrected chi connectivity index (χ2v) is 2.82. The lowest BCUT2D eigenvalue weighted by Gasteiger charge is -2.00. The summed E-state index contributed by atoms with van der Waals surface area (Å²) in [6.07, 6.45) is 1.63. The summed E-state index contributed by atoms with van der Waals surface area (Å²) in [5.41, 5.74) is 2.60. The molecule has 0 atom stereocenters. The van der Waals surface area contributed by atoms with Crippen LogP contribution in [0.15, 0.2) is 24.5 Å². The van der Waals surface area contributed by atoms with Crippen molar-refractivity contribution in [2.24, 2.45) is 0 Å². The van der Waals surface area contributed by atoms with Crippen LogP contribution in [-0.4, -0.2) is 15.9 Å². The molecule has 2 aromatic rings. The minimum atomic E-state index is -0.0705. The molecule has 0 aliphatic heterocycles. The van der Waals surface area contributed by atoms with Gasteiger partial charge in [-0.25, -0.2) is 4.98 Å². The number of carbonyl (C=O) groups is 1. The van der Waals surface area contributed by atoms with Crippen molar-refractivity contribution < 1.29 is 4.79 Å². The number of hydrogen-bond donors (Lipinski definition) is 2. The smallest absolute Gasteiger partial charge is 0.221 e. The van der Waals surface area contributed by atoms with Gasteiger partial charge in [0.25, 0.3) is 0 Å². The van der Waals surface area contributed by atoms with Gasteiger partial charge in [0.1, 0.15) is 0 Å². The van der Waals surface area contributed by atoms with Crippen molar-refractivity contribution in [3.05, 3.63) is 24.5 Å². The van der Waals surface area contributed by atoms with Gasteiger partial charge in [-0.15, -0.1) is 0 Å². The minimum Gasteiger partial charge on any atom is -0.345 e. The van der Waals surface area contributed by atoms with Crippen LogP contribution in [-0.2, 0) is 4.79 Å². The third kappa shape index (κ3) is 1.51. The Morgan fingerprint density at radius 1 is 1.54 bits per heavy atom. The number of H-pyrrole nitrogens is 1. The molecule has 2 N–H and O–H groups in total. The van der Waals surface area contributed by atoms with Crippen LogP contribution in [0.25, 0.3) is 11.0 Å². The second-order valence-electron chi connectivity index (χ2n) is 2.82. The summed E-state index contributed by atoms with van der Waals surface area (Å²) in [6.45, 7) is 1.48. The zero-order valence-corrected chi connectivity index (χ0v) is 7.16. The zero-order valence-electron chi connectivity index (χ0n) is 7.16. The summed E-state index contributed by atoms with van der Waals surface area (Å²) in [6, 6.07) is 5.53. The highest BCUT2D eigenvalue weighted by atomic mass is 16.1. The highest BCUT2D eigenvalue weighted by Gasteiger charge is 1.98. The maximum Gasteiger partial charge on any atom is 0.221 e. The fraction of sp³-hybridized carbons (Fsp3) is 0.111. The fourth-order valence-electron chi connectivity index (χ4n) is 1.22. The molecule has 1 aromatic heterocycles. The van der Waals surface area contributed by atoms with Gasteiger partial charge >= 0.3 is 0 Å². The van der Waals surface area contributed by atoms with Crippen molar-refractivity contribution >= 4 is 22.6 Å². The van der Waals surface area contributed by atoms with Crippen molar-refractivity contribution in [2.75, 3.05) is 5.32 Å². The lowest BCUT2D eigenvalue weighted by Crippen LogP contribution is -2.05. The molecule has 0 saturated heterocycles. The van der Waals surface area contributed by atoms with Crippen molar-refractivity contribution in [3.63, 3.8) is 0 Å². The summed E-state index contributed by atoms with van der Waals surface area (Å²) in [4.78, 5) is 17.8. The van der Waals surface area contributed by atoms with E-state index in [2.05, 4.69) is 15.3 Å². The Hall–Kier alpha value is -1.84. The van der Waals surface area contributed by atoms with E-state index in [9.17, 15) is 4.79 Å². The first kappa shape index (κ1) is 7.79.